The molecule has 4 aromatic rings. The van der Waals surface area contributed by atoms with Crippen molar-refractivity contribution >= 4 is 28.0 Å². The van der Waals surface area contributed by atoms with Crippen molar-refractivity contribution in [1.29, 1.82) is 0 Å². The highest BCUT2D eigenvalue weighted by molar-refractivity contribution is 5.85. The second-order valence-corrected chi connectivity index (χ2v) is 7.32. The van der Waals surface area contributed by atoms with Crippen LogP contribution < -0.4 is 15.4 Å². The molecule has 0 saturated carbocycles. The van der Waals surface area contributed by atoms with Crippen LogP contribution in [0.25, 0.3) is 10.9 Å². The summed E-state index contributed by atoms with van der Waals surface area (Å²) in [5, 5.41) is 16.7. The van der Waals surface area contributed by atoms with Gasteiger partial charge < -0.3 is 25.5 Å². The summed E-state index contributed by atoms with van der Waals surface area (Å²) in [5.41, 5.74) is 5.62. The minimum atomic E-state index is -0.460. The molecule has 0 atom stereocenters. The lowest BCUT2D eigenvalue weighted by atomic mass is 10.1. The SMILES string of the molecule is COc1c(Nc2ccnc(CO)c2)ccc(NCCc2c[nH]c3c(C)cccc23)c1F. The number of benzene rings is 2. The van der Waals surface area contributed by atoms with Crippen LogP contribution in [0, 0.1) is 12.7 Å². The molecule has 0 fully saturated rings. The Hall–Kier alpha value is -3.58. The molecule has 0 unspecified atom stereocenters. The predicted octanol–water partition coefficient (Wildman–Crippen LogP) is 4.91. The fraction of sp³-hybridized carbons (Fsp3) is 0.208. The smallest absolute Gasteiger partial charge is 0.190 e. The first kappa shape index (κ1) is 20.7. The van der Waals surface area contributed by atoms with E-state index in [1.165, 1.54) is 23.6 Å². The number of hydrogen-bond acceptors (Lipinski definition) is 5. The number of aryl methyl sites for hydroxylation is 1. The molecule has 0 amide bonds. The van der Waals surface area contributed by atoms with E-state index >= 15 is 4.39 Å². The summed E-state index contributed by atoms with van der Waals surface area (Å²) in [5.74, 6) is -0.339. The van der Waals surface area contributed by atoms with E-state index in [4.69, 9.17) is 4.74 Å². The van der Waals surface area contributed by atoms with Gasteiger partial charge in [0.1, 0.15) is 0 Å². The molecule has 0 aliphatic heterocycles. The van der Waals surface area contributed by atoms with E-state index in [0.29, 0.717) is 29.3 Å². The maximum Gasteiger partial charge on any atom is 0.190 e. The lowest BCUT2D eigenvalue weighted by Crippen LogP contribution is -2.08. The summed E-state index contributed by atoms with van der Waals surface area (Å²) in [7, 11) is 1.44. The fourth-order valence-corrected chi connectivity index (χ4v) is 3.69. The Morgan fingerprint density at radius 2 is 2.00 bits per heavy atom. The Kier molecular flexibility index (Phi) is 6.04. The number of methoxy groups -OCH3 is 1. The van der Waals surface area contributed by atoms with Gasteiger partial charge in [-0.3, -0.25) is 4.98 Å². The molecular formula is C24H25FN4O2. The third kappa shape index (κ3) is 4.32. The molecule has 7 heteroatoms. The number of aromatic amines is 1. The number of rotatable bonds is 8. The number of fused-ring (bicyclic) bond motifs is 1. The molecule has 4 rings (SSSR count). The number of para-hydroxylation sites is 1. The summed E-state index contributed by atoms with van der Waals surface area (Å²) in [4.78, 5) is 7.37. The van der Waals surface area contributed by atoms with Crippen LogP contribution in [0.1, 0.15) is 16.8 Å². The van der Waals surface area contributed by atoms with Crippen molar-refractivity contribution < 1.29 is 14.2 Å². The number of hydrogen-bond donors (Lipinski definition) is 4. The number of H-pyrrole nitrogens is 1. The molecule has 2 aromatic heterocycles. The Morgan fingerprint density at radius 1 is 1.16 bits per heavy atom. The molecule has 0 aliphatic carbocycles. The lowest BCUT2D eigenvalue weighted by Gasteiger charge is -2.15. The summed E-state index contributed by atoms with van der Waals surface area (Å²) >= 11 is 0. The van der Waals surface area contributed by atoms with Gasteiger partial charge in [0.15, 0.2) is 11.6 Å². The van der Waals surface area contributed by atoms with Gasteiger partial charge in [-0.25, -0.2) is 4.39 Å². The molecular weight excluding hydrogens is 395 g/mol. The molecule has 0 bridgehead atoms. The molecule has 4 N–H and O–H groups in total. The first-order valence-electron chi connectivity index (χ1n) is 10.1. The molecule has 2 heterocycles. The van der Waals surface area contributed by atoms with E-state index in [9.17, 15) is 5.11 Å². The standard InChI is InChI=1S/C24H25FN4O2/c1-15-4-3-5-19-16(13-28-23(15)19)8-10-27-20-6-7-21(24(31-2)22(20)25)29-17-9-11-26-18(12-17)14-30/h3-7,9,11-13,27-28,30H,8,10,14H2,1-2H3,(H,26,29). The Labute approximate surface area is 180 Å². The molecule has 0 spiro atoms. The Balaban J connectivity index is 1.48. The quantitative estimate of drug-likeness (QED) is 0.326. The number of anilines is 3. The van der Waals surface area contributed by atoms with E-state index in [1.807, 2.05) is 12.3 Å². The number of nitrogens with zero attached hydrogens (tertiary/aromatic N) is 1. The summed E-state index contributed by atoms with van der Waals surface area (Å²) in [6.07, 6.45) is 4.35. The molecule has 31 heavy (non-hydrogen) atoms. The molecule has 0 radical (unpaired) electrons. The molecule has 2 aromatic carbocycles. The minimum Gasteiger partial charge on any atom is -0.492 e. The van der Waals surface area contributed by atoms with Gasteiger partial charge in [0.2, 0.25) is 0 Å². The largest absolute Gasteiger partial charge is 0.492 e. The first-order valence-corrected chi connectivity index (χ1v) is 10.1. The topological polar surface area (TPSA) is 82.2 Å². The second kappa shape index (κ2) is 9.06. The summed E-state index contributed by atoms with van der Waals surface area (Å²) < 4.78 is 20.4. The van der Waals surface area contributed by atoms with Gasteiger partial charge in [-0.2, -0.15) is 0 Å². The van der Waals surface area contributed by atoms with Crippen molar-refractivity contribution in [3.8, 4) is 5.75 Å². The van der Waals surface area contributed by atoms with Gasteiger partial charge in [0.05, 0.1) is 30.8 Å². The zero-order chi connectivity index (χ0) is 21.8. The average Bonchev–Trinajstić information content (AvgIpc) is 3.20. The van der Waals surface area contributed by atoms with Gasteiger partial charge >= 0.3 is 0 Å². The van der Waals surface area contributed by atoms with Crippen molar-refractivity contribution in [1.82, 2.24) is 9.97 Å². The maximum atomic E-state index is 15.1. The Morgan fingerprint density at radius 3 is 2.81 bits per heavy atom. The van der Waals surface area contributed by atoms with Crippen LogP contribution in [0.15, 0.2) is 54.9 Å². The summed E-state index contributed by atoms with van der Waals surface area (Å²) in [6, 6.07) is 13.1. The Bertz CT molecular complexity index is 1210. The number of aromatic nitrogens is 2. The number of aliphatic hydroxyl groups excluding tert-OH is 1. The highest BCUT2D eigenvalue weighted by Crippen LogP contribution is 2.35. The van der Waals surface area contributed by atoms with Gasteiger partial charge in [0.25, 0.3) is 0 Å². The highest BCUT2D eigenvalue weighted by Gasteiger charge is 2.15. The van der Waals surface area contributed by atoms with Gasteiger partial charge in [0, 0.05) is 35.5 Å². The van der Waals surface area contributed by atoms with Crippen LogP contribution in [-0.4, -0.2) is 28.7 Å². The van der Waals surface area contributed by atoms with Crippen molar-refractivity contribution in [2.45, 2.75) is 20.0 Å². The lowest BCUT2D eigenvalue weighted by molar-refractivity contribution is 0.277. The van der Waals surface area contributed by atoms with E-state index in [0.717, 1.165) is 11.9 Å². The molecule has 0 saturated heterocycles. The van der Waals surface area contributed by atoms with Gasteiger partial charge in [-0.15, -0.1) is 0 Å². The number of halogens is 1. The van der Waals surface area contributed by atoms with Gasteiger partial charge in [-0.1, -0.05) is 18.2 Å². The average molecular weight is 420 g/mol. The molecule has 6 nitrogen and oxygen atoms in total. The maximum absolute atomic E-state index is 15.1. The fourth-order valence-electron chi connectivity index (χ4n) is 3.69. The zero-order valence-electron chi connectivity index (χ0n) is 17.5. The van der Waals surface area contributed by atoms with E-state index < -0.39 is 5.82 Å². The van der Waals surface area contributed by atoms with E-state index in [1.54, 1.807) is 30.5 Å². The predicted molar refractivity (Wildman–Crippen MR) is 122 cm³/mol. The van der Waals surface area contributed by atoms with E-state index in [-0.39, 0.29) is 12.4 Å². The minimum absolute atomic E-state index is 0.120. The van der Waals surface area contributed by atoms with Crippen molar-refractivity contribution in [3.63, 3.8) is 0 Å². The van der Waals surface area contributed by atoms with Crippen LogP contribution in [0.5, 0.6) is 5.75 Å². The van der Waals surface area contributed by atoms with Crippen LogP contribution in [-0.2, 0) is 13.0 Å². The van der Waals surface area contributed by atoms with Gasteiger partial charge in [-0.05, 0) is 48.7 Å². The van der Waals surface area contributed by atoms with Crippen LogP contribution in [0.2, 0.25) is 0 Å². The van der Waals surface area contributed by atoms with Crippen LogP contribution in [0.4, 0.5) is 21.5 Å². The van der Waals surface area contributed by atoms with Crippen LogP contribution >= 0.6 is 0 Å². The zero-order valence-corrected chi connectivity index (χ0v) is 17.5. The van der Waals surface area contributed by atoms with Crippen molar-refractivity contribution in [3.05, 3.63) is 77.5 Å². The molecule has 160 valence electrons. The van der Waals surface area contributed by atoms with E-state index in [2.05, 4.69) is 39.7 Å². The third-order valence-corrected chi connectivity index (χ3v) is 5.28. The number of aliphatic hydroxyl groups is 1. The summed E-state index contributed by atoms with van der Waals surface area (Å²) in [6.45, 7) is 2.49. The number of ether oxygens (including phenoxy) is 1. The number of pyridine rings is 1. The molecule has 0 aliphatic rings. The third-order valence-electron chi connectivity index (χ3n) is 5.28. The second-order valence-electron chi connectivity index (χ2n) is 7.32. The van der Waals surface area contributed by atoms with Crippen LogP contribution in [0.3, 0.4) is 0 Å². The highest BCUT2D eigenvalue weighted by atomic mass is 19.1. The van der Waals surface area contributed by atoms with Crippen molar-refractivity contribution in [2.24, 2.45) is 0 Å². The van der Waals surface area contributed by atoms with Crippen molar-refractivity contribution in [2.75, 3.05) is 24.3 Å². The number of nitrogens with one attached hydrogen (secondary N) is 3. The monoisotopic (exact) mass is 420 g/mol. The normalized spacial score (nSPS) is 11.0. The first-order chi connectivity index (χ1) is 15.1.